The third kappa shape index (κ3) is 2.71. The molecular weight excluding hydrogens is 178 g/mol. The second-order valence-corrected chi connectivity index (χ2v) is 4.71. The van der Waals surface area contributed by atoms with Gasteiger partial charge in [0, 0.05) is 12.5 Å². The molecule has 2 N–H and O–H groups in total. The van der Waals surface area contributed by atoms with Crippen LogP contribution in [0.1, 0.15) is 38.5 Å². The van der Waals surface area contributed by atoms with Crippen LogP contribution in [0.3, 0.4) is 0 Å². The number of carbonyl (C=O) groups is 1. The number of aliphatic hydroxyl groups excluding tert-OH is 1. The van der Waals surface area contributed by atoms with E-state index >= 15 is 0 Å². The predicted molar refractivity (Wildman–Crippen MR) is 53.7 cm³/mol. The Morgan fingerprint density at radius 3 is 2.71 bits per heavy atom. The normalized spacial score (nSPS) is 32.6. The average molecular weight is 197 g/mol. The second kappa shape index (κ2) is 4.30. The lowest BCUT2D eigenvalue weighted by Gasteiger charge is -2.25. The molecule has 3 heteroatoms. The van der Waals surface area contributed by atoms with Crippen molar-refractivity contribution in [2.75, 3.05) is 6.54 Å². The van der Waals surface area contributed by atoms with Gasteiger partial charge < -0.3 is 10.4 Å². The molecule has 1 unspecified atom stereocenters. The molecule has 0 radical (unpaired) electrons. The maximum absolute atomic E-state index is 11.4. The molecule has 0 heterocycles. The first-order chi connectivity index (χ1) is 6.75. The number of carbonyl (C=O) groups excluding carboxylic acids is 1. The highest BCUT2D eigenvalue weighted by molar-refractivity contribution is 5.80. The fourth-order valence-electron chi connectivity index (χ4n) is 2.18. The van der Waals surface area contributed by atoms with E-state index in [9.17, 15) is 9.90 Å². The number of amides is 1. The minimum Gasteiger partial charge on any atom is -0.393 e. The van der Waals surface area contributed by atoms with Crippen LogP contribution in [-0.2, 0) is 4.79 Å². The van der Waals surface area contributed by atoms with Crippen molar-refractivity contribution in [3.8, 4) is 0 Å². The Bertz CT molecular complexity index is 213. The molecule has 0 aromatic rings. The number of hydrogen-bond acceptors (Lipinski definition) is 2. The van der Waals surface area contributed by atoms with Gasteiger partial charge in [0.2, 0.25) is 5.91 Å². The van der Waals surface area contributed by atoms with Crippen molar-refractivity contribution in [3.05, 3.63) is 0 Å². The summed E-state index contributed by atoms with van der Waals surface area (Å²) in [7, 11) is 0. The monoisotopic (exact) mass is 197 g/mol. The lowest BCUT2D eigenvalue weighted by molar-refractivity contribution is -0.122. The summed E-state index contributed by atoms with van der Waals surface area (Å²) in [5.41, 5.74) is 0. The van der Waals surface area contributed by atoms with Crippen molar-refractivity contribution in [2.24, 2.45) is 11.8 Å². The molecule has 2 fully saturated rings. The Morgan fingerprint density at radius 1 is 1.29 bits per heavy atom. The van der Waals surface area contributed by atoms with E-state index < -0.39 is 0 Å². The van der Waals surface area contributed by atoms with Gasteiger partial charge in [-0.3, -0.25) is 4.79 Å². The number of nitrogens with one attached hydrogen (secondary N) is 1. The van der Waals surface area contributed by atoms with Crippen LogP contribution in [0, 0.1) is 11.8 Å². The Hall–Kier alpha value is -0.570. The lowest BCUT2D eigenvalue weighted by Crippen LogP contribution is -2.33. The SMILES string of the molecule is O=C(NCC1CCC[C@H](O)C1)C1CC1. The highest BCUT2D eigenvalue weighted by atomic mass is 16.3. The van der Waals surface area contributed by atoms with Crippen LogP contribution >= 0.6 is 0 Å². The molecule has 14 heavy (non-hydrogen) atoms. The molecule has 0 bridgehead atoms. The highest BCUT2D eigenvalue weighted by Crippen LogP contribution is 2.29. The van der Waals surface area contributed by atoms with Crippen molar-refractivity contribution in [1.29, 1.82) is 0 Å². The standard InChI is InChI=1S/C11H19NO2/c13-10-3-1-2-8(6-10)7-12-11(14)9-4-5-9/h8-10,13H,1-7H2,(H,12,14)/t8?,10-/m0/s1. The molecule has 2 rings (SSSR count). The van der Waals surface area contributed by atoms with Gasteiger partial charge in [-0.05, 0) is 38.0 Å². The van der Waals surface area contributed by atoms with E-state index in [1.165, 1.54) is 0 Å². The summed E-state index contributed by atoms with van der Waals surface area (Å²) < 4.78 is 0. The fourth-order valence-corrected chi connectivity index (χ4v) is 2.18. The number of aliphatic hydroxyl groups is 1. The molecule has 0 saturated heterocycles. The van der Waals surface area contributed by atoms with E-state index in [0.29, 0.717) is 11.8 Å². The van der Waals surface area contributed by atoms with Crippen LogP contribution in [0.2, 0.25) is 0 Å². The van der Waals surface area contributed by atoms with Gasteiger partial charge in [0.1, 0.15) is 0 Å². The van der Waals surface area contributed by atoms with Crippen molar-refractivity contribution in [1.82, 2.24) is 5.32 Å². The van der Waals surface area contributed by atoms with Gasteiger partial charge in [0.15, 0.2) is 0 Å². The zero-order chi connectivity index (χ0) is 9.97. The Labute approximate surface area is 84.9 Å². The molecule has 80 valence electrons. The summed E-state index contributed by atoms with van der Waals surface area (Å²) in [6.45, 7) is 0.770. The van der Waals surface area contributed by atoms with Crippen LogP contribution in [0.4, 0.5) is 0 Å². The van der Waals surface area contributed by atoms with Crippen molar-refractivity contribution < 1.29 is 9.90 Å². The summed E-state index contributed by atoms with van der Waals surface area (Å²) in [5, 5.41) is 12.4. The minimum atomic E-state index is -0.133. The van der Waals surface area contributed by atoms with Gasteiger partial charge in [-0.25, -0.2) is 0 Å². The van der Waals surface area contributed by atoms with Crippen LogP contribution in [0.25, 0.3) is 0 Å². The maximum Gasteiger partial charge on any atom is 0.223 e. The van der Waals surface area contributed by atoms with E-state index in [1.807, 2.05) is 0 Å². The summed E-state index contributed by atoms with van der Waals surface area (Å²) in [6, 6.07) is 0. The van der Waals surface area contributed by atoms with Crippen LogP contribution in [-0.4, -0.2) is 23.7 Å². The largest absolute Gasteiger partial charge is 0.393 e. The number of rotatable bonds is 3. The van der Waals surface area contributed by atoms with Gasteiger partial charge in [0.25, 0.3) is 0 Å². The van der Waals surface area contributed by atoms with Gasteiger partial charge in [-0.2, -0.15) is 0 Å². The highest BCUT2D eigenvalue weighted by Gasteiger charge is 2.30. The van der Waals surface area contributed by atoms with E-state index in [1.54, 1.807) is 0 Å². The van der Waals surface area contributed by atoms with E-state index in [-0.39, 0.29) is 12.0 Å². The summed E-state index contributed by atoms with van der Waals surface area (Å²) in [6.07, 6.45) is 6.07. The zero-order valence-electron chi connectivity index (χ0n) is 8.54. The second-order valence-electron chi connectivity index (χ2n) is 4.71. The average Bonchev–Trinajstić information content (AvgIpc) is 2.97. The molecule has 2 aliphatic rings. The first kappa shape index (κ1) is 9.97. The summed E-state index contributed by atoms with van der Waals surface area (Å²) in [5.74, 6) is 1.04. The Morgan fingerprint density at radius 2 is 2.07 bits per heavy atom. The lowest BCUT2D eigenvalue weighted by atomic mass is 9.87. The molecule has 2 saturated carbocycles. The third-order valence-electron chi connectivity index (χ3n) is 3.27. The van der Waals surface area contributed by atoms with Crippen molar-refractivity contribution in [3.63, 3.8) is 0 Å². The predicted octanol–water partition coefficient (Wildman–Crippen LogP) is 1.06. The molecule has 0 aromatic heterocycles. The van der Waals surface area contributed by atoms with Crippen molar-refractivity contribution in [2.45, 2.75) is 44.6 Å². The van der Waals surface area contributed by atoms with E-state index in [0.717, 1.165) is 45.1 Å². The van der Waals surface area contributed by atoms with Gasteiger partial charge in [-0.1, -0.05) is 6.42 Å². The van der Waals surface area contributed by atoms with Gasteiger partial charge in [-0.15, -0.1) is 0 Å². The first-order valence-electron chi connectivity index (χ1n) is 5.71. The molecule has 2 aliphatic carbocycles. The smallest absolute Gasteiger partial charge is 0.223 e. The van der Waals surface area contributed by atoms with Gasteiger partial charge in [0.05, 0.1) is 6.10 Å². The van der Waals surface area contributed by atoms with Gasteiger partial charge >= 0.3 is 0 Å². The topological polar surface area (TPSA) is 49.3 Å². The van der Waals surface area contributed by atoms with E-state index in [2.05, 4.69) is 5.32 Å². The number of hydrogen-bond donors (Lipinski definition) is 2. The third-order valence-corrected chi connectivity index (χ3v) is 3.27. The quantitative estimate of drug-likeness (QED) is 0.711. The van der Waals surface area contributed by atoms with Crippen LogP contribution < -0.4 is 5.32 Å². The Kier molecular flexibility index (Phi) is 3.06. The molecule has 0 aliphatic heterocycles. The summed E-state index contributed by atoms with van der Waals surface area (Å²) in [4.78, 5) is 11.4. The minimum absolute atomic E-state index is 0.133. The first-order valence-corrected chi connectivity index (χ1v) is 5.71. The molecule has 0 aromatic carbocycles. The molecule has 1 amide bonds. The zero-order valence-corrected chi connectivity index (χ0v) is 8.54. The maximum atomic E-state index is 11.4. The summed E-state index contributed by atoms with van der Waals surface area (Å²) >= 11 is 0. The fraction of sp³-hybridized carbons (Fsp3) is 0.909. The molecular formula is C11H19NO2. The molecule has 0 spiro atoms. The van der Waals surface area contributed by atoms with Crippen molar-refractivity contribution >= 4 is 5.91 Å². The molecule has 3 nitrogen and oxygen atoms in total. The van der Waals surface area contributed by atoms with Crippen LogP contribution in [0.5, 0.6) is 0 Å². The van der Waals surface area contributed by atoms with E-state index in [4.69, 9.17) is 0 Å². The Balaban J connectivity index is 1.66. The van der Waals surface area contributed by atoms with Crippen LogP contribution in [0.15, 0.2) is 0 Å². The molecule has 2 atom stereocenters.